The lowest BCUT2D eigenvalue weighted by Crippen LogP contribution is -2.69. The van der Waals surface area contributed by atoms with E-state index in [1.165, 1.54) is 11.0 Å². The van der Waals surface area contributed by atoms with Crippen LogP contribution in [-0.4, -0.2) is 77.1 Å². The Morgan fingerprint density at radius 2 is 1.91 bits per heavy atom. The van der Waals surface area contributed by atoms with Crippen LogP contribution in [0.2, 0.25) is 0 Å². The number of ketones is 2. The Kier molecular flexibility index (Phi) is 5.90. The van der Waals surface area contributed by atoms with Crippen molar-refractivity contribution in [1.29, 1.82) is 0 Å². The number of benzene rings is 1. The van der Waals surface area contributed by atoms with Crippen LogP contribution in [0.4, 0.5) is 5.69 Å². The summed E-state index contributed by atoms with van der Waals surface area (Å²) < 4.78 is 11.3. The normalized spacial score (nSPS) is 26.3. The molecule has 1 aromatic heterocycles. The summed E-state index contributed by atoms with van der Waals surface area (Å²) in [7, 11) is 0. The zero-order chi connectivity index (χ0) is 24.9. The number of β-amino-alcohol motifs (C(OH)–C–C–N with tert-alkyl or cyclic N) is 1. The first kappa shape index (κ1) is 23.5. The van der Waals surface area contributed by atoms with Crippen molar-refractivity contribution in [1.82, 2.24) is 10.2 Å². The summed E-state index contributed by atoms with van der Waals surface area (Å²) in [6.07, 6.45) is -0.0989. The monoisotopic (exact) mass is 483 g/mol. The van der Waals surface area contributed by atoms with Gasteiger partial charge >= 0.3 is 0 Å². The number of rotatable bonds is 7. The predicted octanol–water partition coefficient (Wildman–Crippen LogP) is 1.17. The maximum atomic E-state index is 12.8. The molecule has 4 atom stereocenters. The molecule has 1 saturated carbocycles. The maximum Gasteiger partial charge on any atom is 0.257 e. The molecule has 1 amide bonds. The average Bonchev–Trinajstić information content (AvgIpc) is 3.45. The minimum Gasteiger partial charge on any atom is -0.505 e. The smallest absolute Gasteiger partial charge is 0.257 e. The van der Waals surface area contributed by atoms with Crippen molar-refractivity contribution in [2.24, 2.45) is 5.41 Å². The molecule has 3 heterocycles. The summed E-state index contributed by atoms with van der Waals surface area (Å²) in [5.41, 5.74) is -0.0747. The highest BCUT2D eigenvalue weighted by Gasteiger charge is 2.53. The molecule has 3 fully saturated rings. The molecule has 10 nitrogen and oxygen atoms in total. The largest absolute Gasteiger partial charge is 0.505 e. The number of hydrogen-bond acceptors (Lipinski definition) is 9. The highest BCUT2D eigenvalue weighted by atomic mass is 16.5. The molecule has 0 radical (unpaired) electrons. The van der Waals surface area contributed by atoms with Crippen molar-refractivity contribution >= 4 is 23.2 Å². The van der Waals surface area contributed by atoms with E-state index in [0.717, 1.165) is 5.76 Å². The standard InChI is InChI=1S/C25H29N3O7/c1-13-6-7-17(35-13)23(25(2)11-34-12-25)27-19-18(21(31)22(19)32)26-16-5-3-4-15(20(16)30)24(33)28-9-8-14(29)10-28/h3-7,14,18-19,23,26-27,29-30H,8-12H2,1-2H3/t14-,18?,19?,23?/m0/s1. The zero-order valence-electron chi connectivity index (χ0n) is 19.6. The number of aliphatic hydroxyl groups excluding tert-OH is 1. The Morgan fingerprint density at radius 3 is 2.51 bits per heavy atom. The number of amides is 1. The number of aromatic hydroxyl groups is 1. The van der Waals surface area contributed by atoms with E-state index >= 15 is 0 Å². The number of Topliss-reactive ketones (excluding diaryl/α,β-unsaturated/α-hetero) is 2. The molecular formula is C25H29N3O7. The highest BCUT2D eigenvalue weighted by molar-refractivity contribution is 6.49. The number of nitrogens with one attached hydrogen (secondary N) is 2. The number of phenolic OH excluding ortho intramolecular Hbond substituents is 1. The molecule has 186 valence electrons. The molecule has 2 aromatic rings. The molecule has 10 heteroatoms. The molecule has 2 aliphatic heterocycles. The lowest BCUT2D eigenvalue weighted by atomic mass is 9.76. The number of para-hydroxylation sites is 1. The van der Waals surface area contributed by atoms with Gasteiger partial charge in [-0.1, -0.05) is 13.0 Å². The molecule has 3 unspecified atom stereocenters. The third-order valence-corrected chi connectivity index (χ3v) is 7.12. The topological polar surface area (TPSA) is 141 Å². The fourth-order valence-electron chi connectivity index (χ4n) is 4.94. The molecule has 3 aliphatic rings. The maximum absolute atomic E-state index is 12.8. The van der Waals surface area contributed by atoms with Crippen molar-refractivity contribution < 1.29 is 33.8 Å². The van der Waals surface area contributed by atoms with Crippen LogP contribution in [0.25, 0.3) is 0 Å². The predicted molar refractivity (Wildman–Crippen MR) is 124 cm³/mol. The van der Waals surface area contributed by atoms with Gasteiger partial charge in [0.15, 0.2) is 5.75 Å². The number of furan rings is 1. The summed E-state index contributed by atoms with van der Waals surface area (Å²) in [4.78, 5) is 39.4. The summed E-state index contributed by atoms with van der Waals surface area (Å²) in [5.74, 6) is -0.481. The summed E-state index contributed by atoms with van der Waals surface area (Å²) in [6, 6.07) is 6.20. The van der Waals surface area contributed by atoms with E-state index in [1.54, 1.807) is 12.1 Å². The number of hydrogen-bond donors (Lipinski definition) is 4. The van der Waals surface area contributed by atoms with Crippen molar-refractivity contribution in [3.8, 4) is 5.75 Å². The van der Waals surface area contributed by atoms with Crippen molar-refractivity contribution in [2.45, 2.75) is 44.5 Å². The number of carbonyl (C=O) groups is 3. The van der Waals surface area contributed by atoms with Crippen LogP contribution >= 0.6 is 0 Å². The summed E-state index contributed by atoms with van der Waals surface area (Å²) in [5, 5.41) is 26.8. The van der Waals surface area contributed by atoms with Crippen LogP contribution in [0.1, 0.15) is 41.3 Å². The van der Waals surface area contributed by atoms with Gasteiger partial charge in [-0.05, 0) is 37.6 Å². The Labute approximate surface area is 202 Å². The first-order valence-electron chi connectivity index (χ1n) is 11.7. The number of phenols is 1. The second-order valence-electron chi connectivity index (χ2n) is 9.92. The van der Waals surface area contributed by atoms with Gasteiger partial charge in [0, 0.05) is 18.5 Å². The van der Waals surface area contributed by atoms with E-state index in [4.69, 9.17) is 9.15 Å². The Hall–Kier alpha value is -3.21. The Morgan fingerprint density at radius 1 is 1.17 bits per heavy atom. The minimum absolute atomic E-state index is 0.0646. The molecular weight excluding hydrogens is 454 g/mol. The van der Waals surface area contributed by atoms with Gasteiger partial charge in [0.2, 0.25) is 11.6 Å². The fraction of sp³-hybridized carbons (Fsp3) is 0.480. The van der Waals surface area contributed by atoms with Crippen molar-refractivity contribution in [3.05, 3.63) is 47.4 Å². The molecule has 5 rings (SSSR count). The molecule has 4 N–H and O–H groups in total. The number of aliphatic hydroxyl groups is 1. The molecule has 35 heavy (non-hydrogen) atoms. The number of carbonyl (C=O) groups excluding carboxylic acids is 3. The third kappa shape index (κ3) is 4.11. The van der Waals surface area contributed by atoms with Crippen LogP contribution in [0.3, 0.4) is 0 Å². The van der Waals surface area contributed by atoms with E-state index in [1.807, 2.05) is 26.0 Å². The lowest BCUT2D eigenvalue weighted by molar-refractivity contribution is -0.150. The number of likely N-dealkylation sites (tertiary alicyclic amines) is 1. The first-order valence-corrected chi connectivity index (χ1v) is 11.7. The van der Waals surface area contributed by atoms with Gasteiger partial charge in [-0.25, -0.2) is 0 Å². The molecule has 0 bridgehead atoms. The van der Waals surface area contributed by atoms with Gasteiger partial charge in [-0.2, -0.15) is 0 Å². The average molecular weight is 484 g/mol. The minimum atomic E-state index is -0.921. The fourth-order valence-corrected chi connectivity index (χ4v) is 4.94. The number of ether oxygens (including phenoxy) is 1. The van der Waals surface area contributed by atoms with Crippen LogP contribution in [0.15, 0.2) is 34.7 Å². The highest BCUT2D eigenvalue weighted by Crippen LogP contribution is 2.42. The van der Waals surface area contributed by atoms with Gasteiger partial charge in [0.05, 0.1) is 36.6 Å². The zero-order valence-corrected chi connectivity index (χ0v) is 19.6. The van der Waals surface area contributed by atoms with Gasteiger partial charge in [0.25, 0.3) is 5.91 Å². The number of aryl methyl sites for hydroxylation is 1. The van der Waals surface area contributed by atoms with Gasteiger partial charge in [-0.15, -0.1) is 0 Å². The van der Waals surface area contributed by atoms with Crippen LogP contribution in [0, 0.1) is 12.3 Å². The first-order chi connectivity index (χ1) is 16.7. The van der Waals surface area contributed by atoms with E-state index in [2.05, 4.69) is 10.6 Å². The quantitative estimate of drug-likeness (QED) is 0.337. The third-order valence-electron chi connectivity index (χ3n) is 7.12. The molecule has 1 aliphatic carbocycles. The van der Waals surface area contributed by atoms with E-state index in [-0.39, 0.29) is 35.0 Å². The van der Waals surface area contributed by atoms with Crippen molar-refractivity contribution in [3.63, 3.8) is 0 Å². The summed E-state index contributed by atoms with van der Waals surface area (Å²) in [6.45, 7) is 5.42. The van der Waals surface area contributed by atoms with E-state index < -0.39 is 35.7 Å². The van der Waals surface area contributed by atoms with Gasteiger partial charge < -0.3 is 29.6 Å². The van der Waals surface area contributed by atoms with Gasteiger partial charge in [-0.3, -0.25) is 19.7 Å². The molecule has 2 saturated heterocycles. The summed E-state index contributed by atoms with van der Waals surface area (Å²) >= 11 is 0. The Balaban J connectivity index is 1.36. The van der Waals surface area contributed by atoms with E-state index in [0.29, 0.717) is 31.9 Å². The Bertz CT molecular complexity index is 1170. The molecule has 0 spiro atoms. The second-order valence-corrected chi connectivity index (χ2v) is 9.92. The van der Waals surface area contributed by atoms with Crippen LogP contribution in [0.5, 0.6) is 5.75 Å². The van der Waals surface area contributed by atoms with Crippen LogP contribution in [-0.2, 0) is 14.3 Å². The van der Waals surface area contributed by atoms with Crippen molar-refractivity contribution in [2.75, 3.05) is 31.6 Å². The SMILES string of the molecule is Cc1ccc(C(NC2C(=O)C(=O)C2Nc2cccc(C(=O)N3CC[C@H](O)C3)c2O)C2(C)COC2)o1. The number of nitrogens with zero attached hydrogens (tertiary/aromatic N) is 1. The molecule has 1 aromatic carbocycles. The van der Waals surface area contributed by atoms with E-state index in [9.17, 15) is 24.6 Å². The lowest BCUT2D eigenvalue weighted by Gasteiger charge is -2.47. The van der Waals surface area contributed by atoms with Gasteiger partial charge in [0.1, 0.15) is 23.6 Å². The van der Waals surface area contributed by atoms with Crippen LogP contribution < -0.4 is 10.6 Å². The number of anilines is 1. The second kappa shape index (κ2) is 8.78.